The van der Waals surface area contributed by atoms with E-state index in [1.54, 1.807) is 6.07 Å². The molecule has 6 nitrogen and oxygen atoms in total. The highest BCUT2D eigenvalue weighted by Gasteiger charge is 2.20. The van der Waals surface area contributed by atoms with Gasteiger partial charge in [-0.3, -0.25) is 9.89 Å². The highest BCUT2D eigenvalue weighted by Crippen LogP contribution is 2.21. The number of ether oxygens (including phenoxy) is 1. The summed E-state index contributed by atoms with van der Waals surface area (Å²) in [5.41, 5.74) is 2.34. The maximum atomic E-state index is 12.3. The van der Waals surface area contributed by atoms with E-state index in [9.17, 15) is 4.79 Å². The van der Waals surface area contributed by atoms with Crippen molar-refractivity contribution in [3.05, 3.63) is 33.9 Å². The van der Waals surface area contributed by atoms with E-state index in [-0.39, 0.29) is 17.0 Å². The van der Waals surface area contributed by atoms with Crippen LogP contribution in [0.4, 0.5) is 0 Å². The van der Waals surface area contributed by atoms with E-state index in [1.807, 2.05) is 13.0 Å². The number of fused-ring (bicyclic) bond motifs is 1. The molecule has 23 heavy (non-hydrogen) atoms. The molecule has 1 aliphatic heterocycles. The molecule has 2 aromatic rings. The molecule has 6 heteroatoms. The van der Waals surface area contributed by atoms with Crippen molar-refractivity contribution in [3.8, 4) is 0 Å². The molecule has 1 aliphatic rings. The van der Waals surface area contributed by atoms with E-state index in [2.05, 4.69) is 36.2 Å². The van der Waals surface area contributed by atoms with Gasteiger partial charge in [0, 0.05) is 42.4 Å². The Morgan fingerprint density at radius 2 is 2.26 bits per heavy atom. The van der Waals surface area contributed by atoms with Gasteiger partial charge in [-0.2, -0.15) is 0 Å². The zero-order valence-corrected chi connectivity index (χ0v) is 14.3. The molecule has 0 aromatic carbocycles. The van der Waals surface area contributed by atoms with E-state index < -0.39 is 0 Å². The van der Waals surface area contributed by atoms with Gasteiger partial charge in [-0.25, -0.2) is 9.50 Å². The Morgan fingerprint density at radius 1 is 1.48 bits per heavy atom. The standard InChI is InChI=1S/C17H26N4O2/c1-11(18-9-12-5-6-23-10-12)13-7-16(22)21-15(19-13)8-14(20-21)17(2,3)4/h7-8,11-12,18,20H,5-6,9-10H2,1-4H3. The summed E-state index contributed by atoms with van der Waals surface area (Å²) in [7, 11) is 0. The molecule has 2 N–H and O–H groups in total. The Kier molecular flexibility index (Phi) is 4.29. The SMILES string of the molecule is CC(NCC1CCOC1)c1cc(=O)n2[nH]c(C(C)(C)C)cc2n1. The van der Waals surface area contributed by atoms with Crippen LogP contribution in [0.1, 0.15) is 51.5 Å². The van der Waals surface area contributed by atoms with Crippen molar-refractivity contribution in [2.75, 3.05) is 19.8 Å². The highest BCUT2D eigenvalue weighted by molar-refractivity contribution is 5.41. The number of nitrogens with zero attached hydrogens (tertiary/aromatic N) is 2. The first kappa shape index (κ1) is 16.2. The number of aromatic nitrogens is 3. The third kappa shape index (κ3) is 3.48. The topological polar surface area (TPSA) is 71.4 Å². The molecule has 0 aliphatic carbocycles. The predicted molar refractivity (Wildman–Crippen MR) is 89.9 cm³/mol. The molecular weight excluding hydrogens is 292 g/mol. The highest BCUT2D eigenvalue weighted by atomic mass is 16.5. The average molecular weight is 318 g/mol. The molecule has 0 bridgehead atoms. The zero-order chi connectivity index (χ0) is 16.6. The van der Waals surface area contributed by atoms with Gasteiger partial charge >= 0.3 is 0 Å². The van der Waals surface area contributed by atoms with Crippen molar-refractivity contribution >= 4 is 5.65 Å². The summed E-state index contributed by atoms with van der Waals surface area (Å²) in [5.74, 6) is 0.557. The van der Waals surface area contributed by atoms with Gasteiger partial charge in [0.25, 0.3) is 5.56 Å². The van der Waals surface area contributed by atoms with Gasteiger partial charge in [0.15, 0.2) is 5.65 Å². The number of H-pyrrole nitrogens is 1. The second kappa shape index (κ2) is 6.09. The number of hydrogen-bond acceptors (Lipinski definition) is 4. The van der Waals surface area contributed by atoms with Gasteiger partial charge in [0.2, 0.25) is 0 Å². The van der Waals surface area contributed by atoms with Crippen LogP contribution >= 0.6 is 0 Å². The van der Waals surface area contributed by atoms with Crippen molar-refractivity contribution in [1.82, 2.24) is 19.9 Å². The molecule has 0 amide bonds. The minimum absolute atomic E-state index is 0.0429. The fraction of sp³-hybridized carbons (Fsp3) is 0.647. The maximum absolute atomic E-state index is 12.3. The summed E-state index contributed by atoms with van der Waals surface area (Å²) in [6, 6.07) is 3.61. The molecule has 1 fully saturated rings. The van der Waals surface area contributed by atoms with Crippen LogP contribution in [-0.4, -0.2) is 34.4 Å². The second-order valence-electron chi connectivity index (χ2n) is 7.49. The monoisotopic (exact) mass is 318 g/mol. The van der Waals surface area contributed by atoms with Crippen LogP contribution < -0.4 is 10.9 Å². The molecular formula is C17H26N4O2. The van der Waals surface area contributed by atoms with Crippen molar-refractivity contribution in [2.45, 2.75) is 45.6 Å². The summed E-state index contributed by atoms with van der Waals surface area (Å²) in [5, 5.41) is 6.62. The van der Waals surface area contributed by atoms with E-state index in [4.69, 9.17) is 4.74 Å². The zero-order valence-electron chi connectivity index (χ0n) is 14.3. The summed E-state index contributed by atoms with van der Waals surface area (Å²) < 4.78 is 6.91. The molecule has 0 radical (unpaired) electrons. The number of aromatic amines is 1. The van der Waals surface area contributed by atoms with E-state index in [1.165, 1.54) is 4.52 Å². The lowest BCUT2D eigenvalue weighted by atomic mass is 9.93. The lowest BCUT2D eigenvalue weighted by molar-refractivity contribution is 0.184. The maximum Gasteiger partial charge on any atom is 0.272 e. The quantitative estimate of drug-likeness (QED) is 0.904. The smallest absolute Gasteiger partial charge is 0.272 e. The molecule has 2 unspecified atom stereocenters. The Morgan fingerprint density at radius 3 is 2.91 bits per heavy atom. The Bertz CT molecular complexity index is 735. The average Bonchev–Trinajstić information content (AvgIpc) is 3.13. The van der Waals surface area contributed by atoms with Gasteiger partial charge in [-0.15, -0.1) is 0 Å². The molecule has 3 rings (SSSR count). The first-order chi connectivity index (χ1) is 10.8. The van der Waals surface area contributed by atoms with Gasteiger partial charge in [0.05, 0.1) is 12.3 Å². The summed E-state index contributed by atoms with van der Waals surface area (Å²) in [4.78, 5) is 17.0. The summed E-state index contributed by atoms with van der Waals surface area (Å²) in [6.07, 6.45) is 1.10. The Labute approximate surface area is 136 Å². The van der Waals surface area contributed by atoms with Crippen molar-refractivity contribution < 1.29 is 4.74 Å². The van der Waals surface area contributed by atoms with Crippen molar-refractivity contribution in [1.29, 1.82) is 0 Å². The van der Waals surface area contributed by atoms with Gasteiger partial charge < -0.3 is 10.1 Å². The summed E-state index contributed by atoms with van der Waals surface area (Å²) >= 11 is 0. The molecule has 2 aromatic heterocycles. The number of nitrogens with one attached hydrogen (secondary N) is 2. The van der Waals surface area contributed by atoms with Crippen LogP contribution in [0.2, 0.25) is 0 Å². The third-order valence-corrected chi connectivity index (χ3v) is 4.46. The number of hydrogen-bond donors (Lipinski definition) is 2. The Balaban J connectivity index is 1.82. The Hall–Kier alpha value is -1.66. The lowest BCUT2D eigenvalue weighted by Crippen LogP contribution is -2.28. The molecule has 1 saturated heterocycles. The van der Waals surface area contributed by atoms with Gasteiger partial charge in [-0.1, -0.05) is 20.8 Å². The predicted octanol–water partition coefficient (Wildman–Crippen LogP) is 2.01. The minimum Gasteiger partial charge on any atom is -0.381 e. The van der Waals surface area contributed by atoms with Crippen LogP contribution in [0.25, 0.3) is 5.65 Å². The van der Waals surface area contributed by atoms with E-state index in [0.29, 0.717) is 11.6 Å². The largest absolute Gasteiger partial charge is 0.381 e. The van der Waals surface area contributed by atoms with E-state index in [0.717, 1.165) is 37.6 Å². The second-order valence-corrected chi connectivity index (χ2v) is 7.49. The van der Waals surface area contributed by atoms with E-state index >= 15 is 0 Å². The molecule has 2 atom stereocenters. The van der Waals surface area contributed by atoms with Gasteiger partial charge in [0.1, 0.15) is 0 Å². The molecule has 0 saturated carbocycles. The van der Waals surface area contributed by atoms with Crippen molar-refractivity contribution in [3.63, 3.8) is 0 Å². The fourth-order valence-corrected chi connectivity index (χ4v) is 2.81. The normalized spacial score (nSPS) is 20.3. The lowest BCUT2D eigenvalue weighted by Gasteiger charge is -2.15. The van der Waals surface area contributed by atoms with Crippen LogP contribution in [0.3, 0.4) is 0 Å². The minimum atomic E-state index is -0.0710. The number of rotatable bonds is 4. The molecule has 0 spiro atoms. The van der Waals surface area contributed by atoms with Crippen LogP contribution in [0, 0.1) is 5.92 Å². The van der Waals surface area contributed by atoms with Gasteiger partial charge in [-0.05, 0) is 19.3 Å². The fourth-order valence-electron chi connectivity index (χ4n) is 2.81. The molecule has 3 heterocycles. The molecule has 126 valence electrons. The summed E-state index contributed by atoms with van der Waals surface area (Å²) in [6.45, 7) is 10.9. The van der Waals surface area contributed by atoms with Crippen molar-refractivity contribution in [2.24, 2.45) is 5.92 Å². The third-order valence-electron chi connectivity index (χ3n) is 4.46. The van der Waals surface area contributed by atoms with Crippen LogP contribution in [0.15, 0.2) is 16.9 Å². The first-order valence-corrected chi connectivity index (χ1v) is 8.29. The first-order valence-electron chi connectivity index (χ1n) is 8.29. The van der Waals surface area contributed by atoms with Crippen LogP contribution in [-0.2, 0) is 10.2 Å². The van der Waals surface area contributed by atoms with Crippen LogP contribution in [0.5, 0.6) is 0 Å².